The minimum absolute atomic E-state index is 0.0787. The number of aryl methyl sites for hydroxylation is 1. The largest absolute Gasteiger partial charge is 0.484 e. The number of nitrogens with zero attached hydrogens (tertiary/aromatic N) is 1. The number of rotatable bonds is 4. The normalized spacial score (nSPS) is 10.5. The summed E-state index contributed by atoms with van der Waals surface area (Å²) in [7, 11) is 0. The molecule has 1 aromatic heterocycles. The van der Waals surface area contributed by atoms with E-state index in [4.69, 9.17) is 9.26 Å². The fraction of sp³-hybridized carbons (Fsp3) is 0.125. The van der Waals surface area contributed by atoms with E-state index in [1.54, 1.807) is 6.07 Å². The molecule has 2 aromatic carbocycles. The second-order valence-corrected chi connectivity index (χ2v) is 4.68. The molecular formula is C16H14N2O3. The fourth-order valence-corrected chi connectivity index (χ4v) is 2.00. The summed E-state index contributed by atoms with van der Waals surface area (Å²) in [5, 5.41) is 7.29. The molecule has 21 heavy (non-hydrogen) atoms. The maximum absolute atomic E-state index is 11.9. The van der Waals surface area contributed by atoms with Crippen molar-refractivity contribution >= 4 is 22.7 Å². The van der Waals surface area contributed by atoms with Crippen LogP contribution in [0.1, 0.15) is 5.56 Å². The lowest BCUT2D eigenvalue weighted by Gasteiger charge is -2.06. The molecule has 106 valence electrons. The number of hydrogen-bond acceptors (Lipinski definition) is 4. The first-order valence-electron chi connectivity index (χ1n) is 6.56. The molecule has 3 rings (SSSR count). The number of para-hydroxylation sites is 1. The summed E-state index contributed by atoms with van der Waals surface area (Å²) in [6.45, 7) is 1.89. The number of anilines is 1. The Balaban J connectivity index is 1.64. The van der Waals surface area contributed by atoms with E-state index >= 15 is 0 Å². The second-order valence-electron chi connectivity index (χ2n) is 4.68. The zero-order valence-corrected chi connectivity index (χ0v) is 11.5. The molecule has 3 aromatic rings. The van der Waals surface area contributed by atoms with Gasteiger partial charge >= 0.3 is 0 Å². The maximum Gasteiger partial charge on any atom is 0.263 e. The van der Waals surface area contributed by atoms with E-state index in [2.05, 4.69) is 10.5 Å². The molecule has 5 heteroatoms. The molecule has 1 amide bonds. The van der Waals surface area contributed by atoms with Gasteiger partial charge in [0, 0.05) is 0 Å². The topological polar surface area (TPSA) is 64.4 Å². The van der Waals surface area contributed by atoms with Crippen LogP contribution in [0.15, 0.2) is 53.1 Å². The van der Waals surface area contributed by atoms with Crippen LogP contribution in [0.25, 0.3) is 11.0 Å². The highest BCUT2D eigenvalue weighted by molar-refractivity contribution is 5.99. The van der Waals surface area contributed by atoms with Gasteiger partial charge in [0.15, 0.2) is 18.0 Å². The Morgan fingerprint density at radius 2 is 2.10 bits per heavy atom. The van der Waals surface area contributed by atoms with E-state index < -0.39 is 0 Å². The number of aromatic nitrogens is 1. The standard InChI is InChI=1S/C16H14N2O3/c1-11-5-4-6-12(9-11)20-10-15(19)17-16-13-7-2-3-8-14(13)21-18-16/h2-9H,10H2,1H3,(H,17,18,19). The molecule has 0 aliphatic heterocycles. The van der Waals surface area contributed by atoms with E-state index in [1.165, 1.54) is 0 Å². The molecule has 0 unspecified atom stereocenters. The summed E-state index contributed by atoms with van der Waals surface area (Å²) in [4.78, 5) is 11.9. The Morgan fingerprint density at radius 3 is 2.95 bits per heavy atom. The highest BCUT2D eigenvalue weighted by atomic mass is 16.5. The van der Waals surface area contributed by atoms with Crippen LogP contribution in [0.5, 0.6) is 5.75 Å². The molecule has 0 saturated heterocycles. The van der Waals surface area contributed by atoms with Gasteiger partial charge < -0.3 is 14.6 Å². The van der Waals surface area contributed by atoms with Crippen molar-refractivity contribution in [2.24, 2.45) is 0 Å². The van der Waals surface area contributed by atoms with E-state index in [1.807, 2.05) is 49.4 Å². The predicted molar refractivity (Wildman–Crippen MR) is 79.3 cm³/mol. The van der Waals surface area contributed by atoms with Crippen LogP contribution >= 0.6 is 0 Å². The minimum atomic E-state index is -0.282. The molecule has 0 radical (unpaired) electrons. The smallest absolute Gasteiger partial charge is 0.263 e. The average molecular weight is 282 g/mol. The van der Waals surface area contributed by atoms with Gasteiger partial charge in [-0.1, -0.05) is 29.4 Å². The van der Waals surface area contributed by atoms with E-state index in [9.17, 15) is 4.79 Å². The van der Waals surface area contributed by atoms with Gasteiger partial charge in [-0.25, -0.2) is 0 Å². The number of benzene rings is 2. The molecule has 1 heterocycles. The van der Waals surface area contributed by atoms with Crippen molar-refractivity contribution in [3.8, 4) is 5.75 Å². The molecule has 0 aliphatic carbocycles. The predicted octanol–water partition coefficient (Wildman–Crippen LogP) is 3.15. The summed E-state index contributed by atoms with van der Waals surface area (Å²) < 4.78 is 10.6. The van der Waals surface area contributed by atoms with Crippen molar-refractivity contribution in [2.75, 3.05) is 11.9 Å². The highest BCUT2D eigenvalue weighted by Crippen LogP contribution is 2.21. The van der Waals surface area contributed by atoms with Crippen molar-refractivity contribution in [1.82, 2.24) is 5.16 Å². The molecule has 0 aliphatic rings. The number of nitrogens with one attached hydrogen (secondary N) is 1. The van der Waals surface area contributed by atoms with Crippen LogP contribution < -0.4 is 10.1 Å². The van der Waals surface area contributed by atoms with Gasteiger partial charge in [-0.2, -0.15) is 0 Å². The summed E-state index contributed by atoms with van der Waals surface area (Å²) in [6, 6.07) is 14.9. The molecule has 0 fully saturated rings. The fourth-order valence-electron chi connectivity index (χ4n) is 2.00. The Bertz CT molecular complexity index is 780. The van der Waals surface area contributed by atoms with Gasteiger partial charge in [-0.15, -0.1) is 0 Å². The molecule has 5 nitrogen and oxygen atoms in total. The lowest BCUT2D eigenvalue weighted by atomic mass is 10.2. The van der Waals surface area contributed by atoms with E-state index in [0.717, 1.165) is 10.9 Å². The molecule has 0 spiro atoms. The van der Waals surface area contributed by atoms with Gasteiger partial charge in [0.25, 0.3) is 5.91 Å². The van der Waals surface area contributed by atoms with Crippen LogP contribution in [-0.4, -0.2) is 17.7 Å². The number of amides is 1. The van der Waals surface area contributed by atoms with Crippen LogP contribution in [0.3, 0.4) is 0 Å². The number of hydrogen-bond donors (Lipinski definition) is 1. The zero-order valence-electron chi connectivity index (χ0n) is 11.5. The van der Waals surface area contributed by atoms with Crippen LogP contribution in [-0.2, 0) is 4.79 Å². The summed E-state index contributed by atoms with van der Waals surface area (Å²) >= 11 is 0. The zero-order chi connectivity index (χ0) is 14.7. The molecule has 1 N–H and O–H groups in total. The lowest BCUT2D eigenvalue weighted by molar-refractivity contribution is -0.118. The average Bonchev–Trinajstić information content (AvgIpc) is 2.89. The van der Waals surface area contributed by atoms with E-state index in [-0.39, 0.29) is 12.5 Å². The molecule has 0 atom stereocenters. The van der Waals surface area contributed by atoms with Crippen molar-refractivity contribution < 1.29 is 14.1 Å². The van der Waals surface area contributed by atoms with Crippen LogP contribution in [0.4, 0.5) is 5.82 Å². The van der Waals surface area contributed by atoms with Crippen molar-refractivity contribution in [3.05, 3.63) is 54.1 Å². The Kier molecular flexibility index (Phi) is 3.55. The quantitative estimate of drug-likeness (QED) is 0.798. The Hall–Kier alpha value is -2.82. The van der Waals surface area contributed by atoms with Crippen LogP contribution in [0.2, 0.25) is 0 Å². The summed E-state index contributed by atoms with van der Waals surface area (Å²) in [5.74, 6) is 0.786. The highest BCUT2D eigenvalue weighted by Gasteiger charge is 2.11. The van der Waals surface area contributed by atoms with Gasteiger partial charge in [0.2, 0.25) is 0 Å². The third kappa shape index (κ3) is 3.02. The number of ether oxygens (including phenoxy) is 1. The second kappa shape index (κ2) is 5.66. The third-order valence-corrected chi connectivity index (χ3v) is 2.99. The molecular weight excluding hydrogens is 268 g/mol. The first kappa shape index (κ1) is 13.2. The lowest BCUT2D eigenvalue weighted by Crippen LogP contribution is -2.20. The summed E-state index contributed by atoms with van der Waals surface area (Å²) in [6.07, 6.45) is 0. The third-order valence-electron chi connectivity index (χ3n) is 2.99. The number of carbonyl (C=O) groups is 1. The van der Waals surface area contributed by atoms with Gasteiger partial charge in [-0.3, -0.25) is 4.79 Å². The van der Waals surface area contributed by atoms with Crippen molar-refractivity contribution in [2.45, 2.75) is 6.92 Å². The van der Waals surface area contributed by atoms with Gasteiger partial charge in [0.1, 0.15) is 5.75 Å². The number of fused-ring (bicyclic) bond motifs is 1. The molecule has 0 bridgehead atoms. The van der Waals surface area contributed by atoms with E-state index in [0.29, 0.717) is 17.2 Å². The van der Waals surface area contributed by atoms with Gasteiger partial charge in [-0.05, 0) is 36.8 Å². The maximum atomic E-state index is 11.9. The number of carbonyl (C=O) groups excluding carboxylic acids is 1. The van der Waals surface area contributed by atoms with Gasteiger partial charge in [0.05, 0.1) is 5.39 Å². The first-order valence-corrected chi connectivity index (χ1v) is 6.56. The minimum Gasteiger partial charge on any atom is -0.484 e. The summed E-state index contributed by atoms with van der Waals surface area (Å²) in [5.41, 5.74) is 1.71. The first-order chi connectivity index (χ1) is 10.2. The SMILES string of the molecule is Cc1cccc(OCC(=O)Nc2noc3ccccc23)c1. The Morgan fingerprint density at radius 1 is 1.24 bits per heavy atom. The Labute approximate surface area is 121 Å². The van der Waals surface area contributed by atoms with Crippen molar-refractivity contribution in [1.29, 1.82) is 0 Å². The van der Waals surface area contributed by atoms with Crippen LogP contribution in [0, 0.1) is 6.92 Å². The monoisotopic (exact) mass is 282 g/mol. The van der Waals surface area contributed by atoms with Crippen molar-refractivity contribution in [3.63, 3.8) is 0 Å². The molecule has 0 saturated carbocycles.